The fourth-order valence-electron chi connectivity index (χ4n) is 3.98. The molecule has 142 valence electrons. The summed E-state index contributed by atoms with van der Waals surface area (Å²) in [6, 6.07) is 1.88. The lowest BCUT2D eigenvalue weighted by Gasteiger charge is -2.31. The zero-order chi connectivity index (χ0) is 19.1. The van der Waals surface area contributed by atoms with Gasteiger partial charge in [0, 0.05) is 56.8 Å². The molecule has 1 saturated heterocycles. The van der Waals surface area contributed by atoms with Crippen LogP contribution in [0.1, 0.15) is 46.5 Å². The van der Waals surface area contributed by atoms with Gasteiger partial charge in [0.15, 0.2) is 0 Å². The maximum Gasteiger partial charge on any atom is 0.272 e. The van der Waals surface area contributed by atoms with Gasteiger partial charge >= 0.3 is 0 Å². The number of aromatic amines is 1. The highest BCUT2D eigenvalue weighted by atomic mass is 16.2. The molecule has 1 N–H and O–H groups in total. The van der Waals surface area contributed by atoms with E-state index in [0.717, 1.165) is 47.9 Å². The van der Waals surface area contributed by atoms with Crippen LogP contribution in [0.2, 0.25) is 0 Å². The van der Waals surface area contributed by atoms with E-state index in [1.54, 1.807) is 10.9 Å². The Morgan fingerprint density at radius 2 is 2.04 bits per heavy atom. The summed E-state index contributed by atoms with van der Waals surface area (Å²) >= 11 is 0. The molecule has 0 saturated carbocycles. The molecule has 0 spiro atoms. The predicted molar refractivity (Wildman–Crippen MR) is 101 cm³/mol. The minimum atomic E-state index is 0.0201. The van der Waals surface area contributed by atoms with Gasteiger partial charge < -0.3 is 9.88 Å². The van der Waals surface area contributed by atoms with Gasteiger partial charge in [-0.05, 0) is 32.8 Å². The van der Waals surface area contributed by atoms with E-state index in [-0.39, 0.29) is 11.8 Å². The van der Waals surface area contributed by atoms with Crippen molar-refractivity contribution >= 4 is 5.91 Å². The van der Waals surface area contributed by atoms with Crippen LogP contribution in [-0.2, 0) is 14.1 Å². The lowest BCUT2D eigenvalue weighted by atomic mass is 9.97. The minimum Gasteiger partial charge on any atom is -0.348 e. The molecule has 0 aromatic carbocycles. The largest absolute Gasteiger partial charge is 0.348 e. The molecule has 27 heavy (non-hydrogen) atoms. The molecule has 4 rings (SSSR count). The number of hydrogen-bond acceptors (Lipinski definition) is 4. The third kappa shape index (κ3) is 3.05. The van der Waals surface area contributed by atoms with Crippen LogP contribution in [0.5, 0.6) is 0 Å². The average Bonchev–Trinajstić information content (AvgIpc) is 3.36. The number of nitrogens with one attached hydrogen (secondary N) is 1. The van der Waals surface area contributed by atoms with Crippen LogP contribution in [0.15, 0.2) is 18.5 Å². The highest BCUT2D eigenvalue weighted by Gasteiger charge is 2.29. The highest BCUT2D eigenvalue weighted by molar-refractivity contribution is 5.94. The van der Waals surface area contributed by atoms with Crippen LogP contribution in [0, 0.1) is 13.8 Å². The smallest absolute Gasteiger partial charge is 0.272 e. The first kappa shape index (κ1) is 17.5. The lowest BCUT2D eigenvalue weighted by Crippen LogP contribution is -2.40. The summed E-state index contributed by atoms with van der Waals surface area (Å²) < 4.78 is 3.53. The van der Waals surface area contributed by atoms with E-state index in [0.29, 0.717) is 12.2 Å². The second-order valence-electron chi connectivity index (χ2n) is 7.27. The summed E-state index contributed by atoms with van der Waals surface area (Å²) in [5.74, 6) is 1.24. The maximum atomic E-state index is 13.2. The topological polar surface area (TPSA) is 84.6 Å². The summed E-state index contributed by atoms with van der Waals surface area (Å²) in [6.45, 7) is 5.43. The molecule has 1 fully saturated rings. The van der Waals surface area contributed by atoms with Crippen molar-refractivity contribution < 1.29 is 4.79 Å². The number of imidazole rings is 1. The van der Waals surface area contributed by atoms with Crippen molar-refractivity contribution in [2.75, 3.05) is 13.1 Å². The molecule has 8 nitrogen and oxygen atoms in total. The van der Waals surface area contributed by atoms with Gasteiger partial charge in [-0.1, -0.05) is 0 Å². The number of H-pyrrole nitrogens is 1. The SMILES string of the molecule is Cc1nn(C)c(C)c1-c1cc(C(=O)N2CCCC(c3ncc[nH]3)C2)n(C)n1. The van der Waals surface area contributed by atoms with Crippen LogP contribution in [0.3, 0.4) is 0 Å². The number of amides is 1. The minimum absolute atomic E-state index is 0.0201. The average molecular weight is 367 g/mol. The summed E-state index contributed by atoms with van der Waals surface area (Å²) in [5, 5.41) is 9.06. The maximum absolute atomic E-state index is 13.2. The van der Waals surface area contributed by atoms with Crippen molar-refractivity contribution in [1.82, 2.24) is 34.4 Å². The van der Waals surface area contributed by atoms with E-state index in [9.17, 15) is 4.79 Å². The molecule has 0 aliphatic carbocycles. The Bertz CT molecular complexity index is 967. The first-order chi connectivity index (χ1) is 13.0. The standard InChI is InChI=1S/C19H25N7O/c1-12-17(13(2)24(3)22-12)15-10-16(25(4)23-15)19(27)26-9-5-6-14(11-26)18-20-7-8-21-18/h7-8,10,14H,5-6,9,11H2,1-4H3,(H,20,21). The number of aryl methyl sites for hydroxylation is 3. The second kappa shape index (κ2) is 6.68. The predicted octanol–water partition coefficient (Wildman–Crippen LogP) is 2.18. The van der Waals surface area contributed by atoms with Crippen LogP contribution in [-0.4, -0.2) is 53.4 Å². The fraction of sp³-hybridized carbons (Fsp3) is 0.474. The molecule has 3 aromatic heterocycles. The molecule has 1 atom stereocenters. The Morgan fingerprint density at radius 1 is 1.22 bits per heavy atom. The molecule has 3 aromatic rings. The number of aromatic nitrogens is 6. The Balaban J connectivity index is 1.60. The third-order valence-corrected chi connectivity index (χ3v) is 5.48. The zero-order valence-corrected chi connectivity index (χ0v) is 16.2. The molecule has 0 radical (unpaired) electrons. The lowest BCUT2D eigenvalue weighted by molar-refractivity contribution is 0.0693. The van der Waals surface area contributed by atoms with E-state index in [1.165, 1.54) is 0 Å². The van der Waals surface area contributed by atoms with Crippen molar-refractivity contribution in [2.45, 2.75) is 32.6 Å². The second-order valence-corrected chi connectivity index (χ2v) is 7.27. The first-order valence-electron chi connectivity index (χ1n) is 9.29. The van der Waals surface area contributed by atoms with Crippen LogP contribution >= 0.6 is 0 Å². The number of carbonyl (C=O) groups is 1. The molecule has 1 amide bonds. The number of hydrogen-bond donors (Lipinski definition) is 1. The molecule has 1 unspecified atom stereocenters. The van der Waals surface area contributed by atoms with Crippen molar-refractivity contribution in [3.05, 3.63) is 41.4 Å². The van der Waals surface area contributed by atoms with Gasteiger partial charge in [-0.15, -0.1) is 0 Å². The number of likely N-dealkylation sites (tertiary alicyclic amines) is 1. The van der Waals surface area contributed by atoms with Gasteiger partial charge in [0.1, 0.15) is 11.5 Å². The van der Waals surface area contributed by atoms with E-state index in [1.807, 2.05) is 49.8 Å². The van der Waals surface area contributed by atoms with Crippen LogP contribution in [0.4, 0.5) is 0 Å². The quantitative estimate of drug-likeness (QED) is 0.769. The summed E-state index contributed by atoms with van der Waals surface area (Å²) in [5.41, 5.74) is 4.36. The summed E-state index contributed by atoms with van der Waals surface area (Å²) in [7, 11) is 3.75. The number of rotatable bonds is 3. The molecule has 8 heteroatoms. The van der Waals surface area contributed by atoms with Crippen molar-refractivity contribution in [1.29, 1.82) is 0 Å². The fourth-order valence-corrected chi connectivity index (χ4v) is 3.98. The van der Waals surface area contributed by atoms with Gasteiger partial charge in [0.25, 0.3) is 5.91 Å². The number of carbonyl (C=O) groups excluding carboxylic acids is 1. The molecule has 4 heterocycles. The molecule has 1 aliphatic heterocycles. The van der Waals surface area contributed by atoms with E-state index >= 15 is 0 Å². The van der Waals surface area contributed by atoms with Crippen LogP contribution < -0.4 is 0 Å². The number of nitrogens with zero attached hydrogens (tertiary/aromatic N) is 6. The summed E-state index contributed by atoms with van der Waals surface area (Å²) in [6.07, 6.45) is 5.62. The monoisotopic (exact) mass is 367 g/mol. The van der Waals surface area contributed by atoms with Crippen LogP contribution in [0.25, 0.3) is 11.3 Å². The molecular formula is C19H25N7O. The normalized spacial score (nSPS) is 17.5. The van der Waals surface area contributed by atoms with Crippen molar-refractivity contribution in [3.63, 3.8) is 0 Å². The molecular weight excluding hydrogens is 342 g/mol. The zero-order valence-electron chi connectivity index (χ0n) is 16.2. The summed E-state index contributed by atoms with van der Waals surface area (Å²) in [4.78, 5) is 22.6. The molecule has 1 aliphatic rings. The Labute approximate surface area is 158 Å². The first-order valence-corrected chi connectivity index (χ1v) is 9.29. The van der Waals surface area contributed by atoms with Gasteiger partial charge in [-0.2, -0.15) is 10.2 Å². The van der Waals surface area contributed by atoms with E-state index in [2.05, 4.69) is 20.2 Å². The van der Waals surface area contributed by atoms with Gasteiger partial charge in [-0.25, -0.2) is 4.98 Å². The Kier molecular flexibility index (Phi) is 4.33. The van der Waals surface area contributed by atoms with E-state index < -0.39 is 0 Å². The van der Waals surface area contributed by atoms with E-state index in [4.69, 9.17) is 0 Å². The van der Waals surface area contributed by atoms with Crippen molar-refractivity contribution in [3.8, 4) is 11.3 Å². The highest BCUT2D eigenvalue weighted by Crippen LogP contribution is 2.28. The Morgan fingerprint density at radius 3 is 2.70 bits per heavy atom. The molecule has 0 bridgehead atoms. The van der Waals surface area contributed by atoms with Gasteiger partial charge in [0.2, 0.25) is 0 Å². The van der Waals surface area contributed by atoms with Gasteiger partial charge in [-0.3, -0.25) is 14.2 Å². The van der Waals surface area contributed by atoms with Gasteiger partial charge in [0.05, 0.1) is 11.4 Å². The Hall–Kier alpha value is -2.90. The van der Waals surface area contributed by atoms with Crippen molar-refractivity contribution in [2.24, 2.45) is 14.1 Å². The number of piperidine rings is 1. The third-order valence-electron chi connectivity index (χ3n) is 5.48.